The lowest BCUT2D eigenvalue weighted by Gasteiger charge is -2.03. The lowest BCUT2D eigenvalue weighted by atomic mass is 10.2. The number of H-pyrrole nitrogens is 1. The third-order valence-corrected chi connectivity index (χ3v) is 2.36. The topological polar surface area (TPSA) is 79.4 Å². The molecule has 2 rings (SSSR count). The summed E-state index contributed by atoms with van der Waals surface area (Å²) in [7, 11) is 0. The van der Waals surface area contributed by atoms with Crippen LogP contribution < -0.4 is 15.7 Å². The van der Waals surface area contributed by atoms with E-state index >= 15 is 0 Å². The normalized spacial score (nSPS) is 11.0. The summed E-state index contributed by atoms with van der Waals surface area (Å²) in [4.78, 5) is 17.7. The number of ether oxygens (including phenoxy) is 1. The highest BCUT2D eigenvalue weighted by Crippen LogP contribution is 2.13. The summed E-state index contributed by atoms with van der Waals surface area (Å²) in [5, 5.41) is 3.89. The van der Waals surface area contributed by atoms with E-state index in [-0.39, 0.29) is 17.3 Å². The van der Waals surface area contributed by atoms with Crippen LogP contribution in [0.5, 0.6) is 5.75 Å². The molecule has 1 heterocycles. The van der Waals surface area contributed by atoms with Crippen LogP contribution in [-0.4, -0.2) is 22.8 Å². The molecule has 0 unspecified atom stereocenters. The second-order valence-electron chi connectivity index (χ2n) is 4.05. The predicted molar refractivity (Wildman–Crippen MR) is 73.9 cm³/mol. The molecule has 8 heteroatoms. The van der Waals surface area contributed by atoms with Crippen molar-refractivity contribution in [2.45, 2.75) is 13.5 Å². The van der Waals surface area contributed by atoms with Crippen molar-refractivity contribution in [2.24, 2.45) is 5.10 Å². The highest BCUT2D eigenvalue weighted by molar-refractivity contribution is 5.80. The molecule has 2 N–H and O–H groups in total. The Hall–Kier alpha value is -2.77. The van der Waals surface area contributed by atoms with Crippen molar-refractivity contribution in [3.8, 4) is 5.75 Å². The van der Waals surface area contributed by atoms with Crippen LogP contribution in [0.4, 0.5) is 14.7 Å². The van der Waals surface area contributed by atoms with Gasteiger partial charge in [-0.3, -0.25) is 9.78 Å². The second kappa shape index (κ2) is 6.60. The van der Waals surface area contributed by atoms with E-state index in [1.807, 2.05) is 0 Å². The number of rotatable bonds is 5. The van der Waals surface area contributed by atoms with E-state index in [1.165, 1.54) is 24.4 Å². The van der Waals surface area contributed by atoms with E-state index < -0.39 is 6.61 Å². The van der Waals surface area contributed by atoms with Gasteiger partial charge in [0, 0.05) is 11.8 Å². The molecular weight excluding hydrogens is 282 g/mol. The van der Waals surface area contributed by atoms with Crippen LogP contribution in [0.1, 0.15) is 11.3 Å². The minimum Gasteiger partial charge on any atom is -0.435 e. The zero-order valence-electron chi connectivity index (χ0n) is 11.0. The molecule has 6 nitrogen and oxygen atoms in total. The molecule has 2 aromatic rings. The second-order valence-corrected chi connectivity index (χ2v) is 4.05. The number of nitrogens with one attached hydrogen (secondary N) is 2. The van der Waals surface area contributed by atoms with Gasteiger partial charge in [0.1, 0.15) is 5.75 Å². The number of nitrogens with zero attached hydrogens (tertiary/aromatic N) is 2. The van der Waals surface area contributed by atoms with Crippen LogP contribution >= 0.6 is 0 Å². The van der Waals surface area contributed by atoms with E-state index in [0.29, 0.717) is 11.3 Å². The first-order valence-electron chi connectivity index (χ1n) is 5.95. The van der Waals surface area contributed by atoms with Gasteiger partial charge < -0.3 is 4.74 Å². The molecule has 0 radical (unpaired) electrons. The number of aryl methyl sites for hydroxylation is 1. The molecule has 110 valence electrons. The Morgan fingerprint density at radius 2 is 2.10 bits per heavy atom. The fourth-order valence-corrected chi connectivity index (χ4v) is 1.54. The molecule has 0 saturated carbocycles. The van der Waals surface area contributed by atoms with Gasteiger partial charge in [-0.2, -0.15) is 13.9 Å². The quantitative estimate of drug-likeness (QED) is 0.654. The maximum absolute atomic E-state index is 12.0. The molecule has 1 aromatic heterocycles. The fraction of sp³-hybridized carbons (Fsp3) is 0.154. The van der Waals surface area contributed by atoms with Gasteiger partial charge in [-0.25, -0.2) is 10.4 Å². The van der Waals surface area contributed by atoms with Crippen molar-refractivity contribution >= 4 is 12.2 Å². The lowest BCUT2D eigenvalue weighted by Crippen LogP contribution is -2.10. The summed E-state index contributed by atoms with van der Waals surface area (Å²) in [5.41, 5.74) is 3.52. The van der Waals surface area contributed by atoms with E-state index in [0.717, 1.165) is 0 Å². The number of alkyl halides is 2. The molecule has 0 saturated heterocycles. The minimum absolute atomic E-state index is 0.0693. The van der Waals surface area contributed by atoms with Gasteiger partial charge in [0.15, 0.2) is 0 Å². The SMILES string of the molecule is Cc1cc(=O)[nH]c(N/N=C\c2ccc(OC(F)F)cc2)n1. The lowest BCUT2D eigenvalue weighted by molar-refractivity contribution is -0.0498. The molecular formula is C13H12F2N4O2. The number of hydrogen-bond acceptors (Lipinski definition) is 5. The largest absolute Gasteiger partial charge is 0.435 e. The van der Waals surface area contributed by atoms with E-state index in [2.05, 4.69) is 25.2 Å². The molecule has 0 aliphatic carbocycles. The van der Waals surface area contributed by atoms with Crippen LogP contribution in [0.3, 0.4) is 0 Å². The number of aromatic nitrogens is 2. The number of hydrogen-bond donors (Lipinski definition) is 2. The summed E-state index contributed by atoms with van der Waals surface area (Å²) >= 11 is 0. The maximum Gasteiger partial charge on any atom is 0.387 e. The summed E-state index contributed by atoms with van der Waals surface area (Å²) < 4.78 is 28.2. The van der Waals surface area contributed by atoms with Crippen LogP contribution in [0.25, 0.3) is 0 Å². The van der Waals surface area contributed by atoms with Crippen molar-refractivity contribution < 1.29 is 13.5 Å². The van der Waals surface area contributed by atoms with Gasteiger partial charge >= 0.3 is 6.61 Å². The molecule has 1 aromatic carbocycles. The van der Waals surface area contributed by atoms with Crippen molar-refractivity contribution in [3.63, 3.8) is 0 Å². The van der Waals surface area contributed by atoms with E-state index in [9.17, 15) is 13.6 Å². The fourth-order valence-electron chi connectivity index (χ4n) is 1.54. The molecule has 0 aliphatic heterocycles. The zero-order chi connectivity index (χ0) is 15.2. The highest BCUT2D eigenvalue weighted by Gasteiger charge is 2.02. The summed E-state index contributed by atoms with van der Waals surface area (Å²) in [6, 6.07) is 7.29. The predicted octanol–water partition coefficient (Wildman–Crippen LogP) is 2.13. The first-order valence-corrected chi connectivity index (χ1v) is 5.95. The van der Waals surface area contributed by atoms with Crippen molar-refractivity contribution in [1.29, 1.82) is 0 Å². The Morgan fingerprint density at radius 3 is 2.71 bits per heavy atom. The molecule has 21 heavy (non-hydrogen) atoms. The summed E-state index contributed by atoms with van der Waals surface area (Å²) in [5.74, 6) is 0.286. The Balaban J connectivity index is 1.99. The Morgan fingerprint density at radius 1 is 1.38 bits per heavy atom. The third kappa shape index (κ3) is 4.68. The van der Waals surface area contributed by atoms with Gasteiger partial charge in [0.25, 0.3) is 5.56 Å². The van der Waals surface area contributed by atoms with Crippen LogP contribution in [0.15, 0.2) is 40.2 Å². The summed E-state index contributed by atoms with van der Waals surface area (Å²) in [6.07, 6.45) is 1.45. The number of aromatic amines is 1. The van der Waals surface area contributed by atoms with Crippen LogP contribution in [0, 0.1) is 6.92 Å². The highest BCUT2D eigenvalue weighted by atomic mass is 19.3. The number of anilines is 1. The molecule has 0 fully saturated rings. The maximum atomic E-state index is 12.0. The smallest absolute Gasteiger partial charge is 0.387 e. The third-order valence-electron chi connectivity index (χ3n) is 2.36. The molecule has 0 spiro atoms. The Kier molecular flexibility index (Phi) is 4.60. The van der Waals surface area contributed by atoms with Gasteiger partial charge in [0.05, 0.1) is 6.21 Å². The first-order chi connectivity index (χ1) is 10.0. The van der Waals surface area contributed by atoms with E-state index in [1.54, 1.807) is 19.1 Å². The number of benzene rings is 1. The summed E-state index contributed by atoms with van der Waals surface area (Å²) in [6.45, 7) is -1.17. The molecule has 0 aliphatic rings. The molecule has 0 bridgehead atoms. The number of halogens is 2. The van der Waals surface area contributed by atoms with Crippen molar-refractivity contribution in [1.82, 2.24) is 9.97 Å². The van der Waals surface area contributed by atoms with Gasteiger partial charge in [-0.1, -0.05) is 0 Å². The first kappa shape index (κ1) is 14.6. The standard InChI is InChI=1S/C13H12F2N4O2/c1-8-6-11(20)18-13(17-8)19-16-7-9-2-4-10(5-3-9)21-12(14)15/h2-7,12H,1H3,(H2,17,18,19,20)/b16-7-. The van der Waals surface area contributed by atoms with Crippen LogP contribution in [0.2, 0.25) is 0 Å². The Bertz CT molecular complexity index is 683. The van der Waals surface area contributed by atoms with Gasteiger partial charge in [0.2, 0.25) is 5.95 Å². The van der Waals surface area contributed by atoms with Crippen molar-refractivity contribution in [3.05, 3.63) is 51.9 Å². The molecule has 0 atom stereocenters. The van der Waals surface area contributed by atoms with E-state index in [4.69, 9.17) is 0 Å². The zero-order valence-corrected chi connectivity index (χ0v) is 11.0. The average Bonchev–Trinajstić information content (AvgIpc) is 2.39. The average molecular weight is 294 g/mol. The minimum atomic E-state index is -2.85. The van der Waals surface area contributed by atoms with Crippen LogP contribution in [-0.2, 0) is 0 Å². The monoisotopic (exact) mass is 294 g/mol. The van der Waals surface area contributed by atoms with Gasteiger partial charge in [-0.05, 0) is 36.8 Å². The number of hydrazone groups is 1. The molecule has 0 amide bonds. The van der Waals surface area contributed by atoms with Gasteiger partial charge in [-0.15, -0.1) is 0 Å². The van der Waals surface area contributed by atoms with Crippen molar-refractivity contribution in [2.75, 3.05) is 5.43 Å². The Labute approximate surface area is 118 Å².